The summed E-state index contributed by atoms with van der Waals surface area (Å²) in [5, 5.41) is 24.0. The van der Waals surface area contributed by atoms with Crippen LogP contribution in [0.5, 0.6) is 0 Å². The first-order valence-corrected chi connectivity index (χ1v) is 7.30. The van der Waals surface area contributed by atoms with Crippen LogP contribution in [0.25, 0.3) is 0 Å². The molecular formula is C14H17ClN2O5. The van der Waals surface area contributed by atoms with Gasteiger partial charge in [0.15, 0.2) is 0 Å². The van der Waals surface area contributed by atoms with Gasteiger partial charge in [-0.1, -0.05) is 18.0 Å². The highest BCUT2D eigenvalue weighted by Gasteiger charge is 2.27. The number of carbonyl (C=O) groups excluding carboxylic acids is 1. The first kappa shape index (κ1) is 16.5. The molecule has 7 nitrogen and oxygen atoms in total. The van der Waals surface area contributed by atoms with Crippen molar-refractivity contribution in [3.8, 4) is 0 Å². The number of benzene rings is 1. The molecule has 120 valence electrons. The Morgan fingerprint density at radius 1 is 1.55 bits per heavy atom. The van der Waals surface area contributed by atoms with Gasteiger partial charge in [-0.3, -0.25) is 10.1 Å². The minimum atomic E-state index is -0.731. The second kappa shape index (κ2) is 6.93. The van der Waals surface area contributed by atoms with Crippen LogP contribution in [-0.4, -0.2) is 35.8 Å². The molecule has 1 aliphatic rings. The van der Waals surface area contributed by atoms with Crippen molar-refractivity contribution in [1.82, 2.24) is 0 Å². The Hall–Kier alpha value is -1.86. The Morgan fingerprint density at radius 2 is 2.27 bits per heavy atom. The average molecular weight is 329 g/mol. The number of halogens is 1. The number of nitrogens with zero attached hydrogens (tertiary/aromatic N) is 1. The third-order valence-corrected chi connectivity index (χ3v) is 4.17. The molecule has 0 amide bonds. The number of nitro groups is 1. The molecule has 0 aliphatic heterocycles. The van der Waals surface area contributed by atoms with Crippen LogP contribution in [0.2, 0.25) is 5.02 Å². The van der Waals surface area contributed by atoms with Crippen molar-refractivity contribution in [3.05, 3.63) is 32.8 Å². The fourth-order valence-electron chi connectivity index (χ4n) is 2.62. The van der Waals surface area contributed by atoms with Crippen molar-refractivity contribution in [1.29, 1.82) is 0 Å². The summed E-state index contributed by atoms with van der Waals surface area (Å²) >= 11 is 5.99. The molecule has 8 heteroatoms. The van der Waals surface area contributed by atoms with Crippen LogP contribution in [0.1, 0.15) is 29.6 Å². The lowest BCUT2D eigenvalue weighted by molar-refractivity contribution is -0.384. The van der Waals surface area contributed by atoms with Gasteiger partial charge in [0, 0.05) is 18.5 Å². The molecule has 0 saturated heterocycles. The number of ether oxygens (including phenoxy) is 1. The zero-order valence-electron chi connectivity index (χ0n) is 12.0. The van der Waals surface area contributed by atoms with Crippen LogP contribution in [0, 0.1) is 16.0 Å². The molecule has 2 rings (SSSR count). The number of rotatable bonds is 5. The number of nitrogens with one attached hydrogen (secondary N) is 1. The molecule has 0 radical (unpaired) electrons. The van der Waals surface area contributed by atoms with Crippen LogP contribution in [0.4, 0.5) is 11.4 Å². The third-order valence-electron chi connectivity index (χ3n) is 3.86. The molecule has 1 fully saturated rings. The van der Waals surface area contributed by atoms with E-state index in [9.17, 15) is 20.0 Å². The third kappa shape index (κ3) is 3.48. The van der Waals surface area contributed by atoms with Crippen LogP contribution in [-0.2, 0) is 4.74 Å². The number of aliphatic hydroxyl groups excluding tert-OH is 1. The second-order valence-electron chi connectivity index (χ2n) is 5.24. The van der Waals surface area contributed by atoms with Crippen molar-refractivity contribution in [2.45, 2.75) is 25.4 Å². The van der Waals surface area contributed by atoms with E-state index in [1.54, 1.807) is 0 Å². The predicted molar refractivity (Wildman–Crippen MR) is 81.3 cm³/mol. The summed E-state index contributed by atoms with van der Waals surface area (Å²) in [4.78, 5) is 22.1. The minimum absolute atomic E-state index is 0.0534. The lowest BCUT2D eigenvalue weighted by atomic mass is 10.1. The van der Waals surface area contributed by atoms with Crippen LogP contribution < -0.4 is 5.32 Å². The molecule has 2 atom stereocenters. The number of hydrogen-bond donors (Lipinski definition) is 2. The Bertz CT molecular complexity index is 593. The first-order chi connectivity index (χ1) is 10.4. The smallest absolute Gasteiger partial charge is 0.339 e. The molecule has 0 spiro atoms. The molecule has 2 unspecified atom stereocenters. The largest absolute Gasteiger partial charge is 0.465 e. The van der Waals surface area contributed by atoms with E-state index >= 15 is 0 Å². The lowest BCUT2D eigenvalue weighted by Gasteiger charge is -2.16. The summed E-state index contributed by atoms with van der Waals surface area (Å²) in [5.74, 6) is -0.676. The Morgan fingerprint density at radius 3 is 2.82 bits per heavy atom. The molecule has 22 heavy (non-hydrogen) atoms. The van der Waals surface area contributed by atoms with Crippen molar-refractivity contribution >= 4 is 28.9 Å². The van der Waals surface area contributed by atoms with Gasteiger partial charge in [-0.15, -0.1) is 0 Å². The van der Waals surface area contributed by atoms with Gasteiger partial charge < -0.3 is 15.2 Å². The normalized spacial score (nSPS) is 20.7. The molecule has 0 heterocycles. The number of hydrogen-bond acceptors (Lipinski definition) is 6. The summed E-state index contributed by atoms with van der Waals surface area (Å²) < 4.78 is 4.55. The summed E-state index contributed by atoms with van der Waals surface area (Å²) in [7, 11) is 1.18. The number of aliphatic hydroxyl groups is 1. The van der Waals surface area contributed by atoms with Gasteiger partial charge in [0.1, 0.15) is 5.69 Å². The van der Waals surface area contributed by atoms with Crippen molar-refractivity contribution < 1.29 is 19.6 Å². The first-order valence-electron chi connectivity index (χ1n) is 6.92. The molecule has 2 N–H and O–H groups in total. The molecule has 1 aromatic carbocycles. The van der Waals surface area contributed by atoms with Gasteiger partial charge in [0.25, 0.3) is 5.69 Å². The van der Waals surface area contributed by atoms with E-state index in [0.29, 0.717) is 6.54 Å². The maximum atomic E-state index is 11.5. The SMILES string of the molecule is COC(=O)c1cc([N+](=O)[O-])c(NCC2CCCC2O)cc1Cl. The molecule has 1 aliphatic carbocycles. The Balaban J connectivity index is 2.24. The standard InChI is InChI=1S/C14H17ClN2O5/c1-22-14(19)9-5-12(17(20)21)11(6-10(9)15)16-7-8-3-2-4-13(8)18/h5-6,8,13,16,18H,2-4,7H2,1H3. The van der Waals surface area contributed by atoms with Crippen molar-refractivity contribution in [3.63, 3.8) is 0 Å². The quantitative estimate of drug-likeness (QED) is 0.489. The number of nitro benzene ring substituents is 1. The maximum Gasteiger partial charge on any atom is 0.339 e. The van der Waals surface area contributed by atoms with Gasteiger partial charge in [-0.2, -0.15) is 0 Å². The van der Waals surface area contributed by atoms with E-state index in [4.69, 9.17) is 11.6 Å². The predicted octanol–water partition coefficient (Wildman–Crippen LogP) is 2.61. The Labute approximate surface area is 132 Å². The zero-order chi connectivity index (χ0) is 16.3. The summed E-state index contributed by atoms with van der Waals surface area (Å²) in [6.07, 6.45) is 2.17. The van der Waals surface area contributed by atoms with E-state index in [-0.39, 0.29) is 27.9 Å². The van der Waals surface area contributed by atoms with Gasteiger partial charge in [-0.05, 0) is 18.9 Å². The molecule has 1 saturated carbocycles. The second-order valence-corrected chi connectivity index (χ2v) is 5.64. The fraction of sp³-hybridized carbons (Fsp3) is 0.500. The van der Waals surface area contributed by atoms with E-state index in [0.717, 1.165) is 25.3 Å². The van der Waals surface area contributed by atoms with Crippen molar-refractivity contribution in [2.24, 2.45) is 5.92 Å². The fourth-order valence-corrected chi connectivity index (χ4v) is 2.86. The monoisotopic (exact) mass is 328 g/mol. The highest BCUT2D eigenvalue weighted by molar-refractivity contribution is 6.34. The zero-order valence-corrected chi connectivity index (χ0v) is 12.8. The molecule has 0 bridgehead atoms. The number of esters is 1. The van der Waals surface area contributed by atoms with Gasteiger partial charge in [0.05, 0.1) is 28.7 Å². The minimum Gasteiger partial charge on any atom is -0.465 e. The number of carbonyl (C=O) groups is 1. The van der Waals surface area contributed by atoms with Crippen LogP contribution in [0.3, 0.4) is 0 Å². The van der Waals surface area contributed by atoms with Crippen LogP contribution in [0.15, 0.2) is 12.1 Å². The molecular weight excluding hydrogens is 312 g/mol. The van der Waals surface area contributed by atoms with E-state index in [1.807, 2.05) is 0 Å². The number of anilines is 1. The molecule has 1 aromatic rings. The highest BCUT2D eigenvalue weighted by atomic mass is 35.5. The lowest BCUT2D eigenvalue weighted by Crippen LogP contribution is -2.22. The highest BCUT2D eigenvalue weighted by Crippen LogP contribution is 2.33. The summed E-state index contributed by atoms with van der Waals surface area (Å²) in [6.45, 7) is 0.413. The number of methoxy groups -OCH3 is 1. The maximum absolute atomic E-state index is 11.5. The van der Waals surface area contributed by atoms with E-state index < -0.39 is 17.0 Å². The van der Waals surface area contributed by atoms with Gasteiger partial charge in [-0.25, -0.2) is 4.79 Å². The van der Waals surface area contributed by atoms with Gasteiger partial charge >= 0.3 is 5.97 Å². The molecule has 0 aromatic heterocycles. The van der Waals surface area contributed by atoms with Crippen LogP contribution >= 0.6 is 11.6 Å². The summed E-state index contributed by atoms with van der Waals surface area (Å²) in [5.41, 5.74) is -0.0821. The van der Waals surface area contributed by atoms with E-state index in [1.165, 1.54) is 13.2 Å². The van der Waals surface area contributed by atoms with Crippen molar-refractivity contribution in [2.75, 3.05) is 19.0 Å². The van der Waals surface area contributed by atoms with Gasteiger partial charge in [0.2, 0.25) is 0 Å². The average Bonchev–Trinajstić information content (AvgIpc) is 2.89. The summed E-state index contributed by atoms with van der Waals surface area (Å²) in [6, 6.07) is 2.44. The van der Waals surface area contributed by atoms with E-state index in [2.05, 4.69) is 10.1 Å². The Kier molecular flexibility index (Phi) is 5.20. The topological polar surface area (TPSA) is 102 Å².